The van der Waals surface area contributed by atoms with Crippen LogP contribution in [-0.2, 0) is 28.6 Å². The van der Waals surface area contributed by atoms with Gasteiger partial charge < -0.3 is 14.2 Å². The molecule has 0 saturated carbocycles. The van der Waals surface area contributed by atoms with Crippen LogP contribution in [0, 0.1) is 0 Å². The molecule has 0 aromatic rings. The molecule has 6 nitrogen and oxygen atoms in total. The highest BCUT2D eigenvalue weighted by Gasteiger charge is 2.19. The summed E-state index contributed by atoms with van der Waals surface area (Å²) in [6.45, 7) is 6.30. The molecule has 346 valence electrons. The maximum absolute atomic E-state index is 12.8. The molecule has 0 N–H and O–H groups in total. The van der Waals surface area contributed by atoms with Gasteiger partial charge in [0.2, 0.25) is 0 Å². The maximum Gasteiger partial charge on any atom is 0.306 e. The van der Waals surface area contributed by atoms with Crippen molar-refractivity contribution in [3.63, 3.8) is 0 Å². The Morgan fingerprint density at radius 1 is 0.344 bits per heavy atom. The van der Waals surface area contributed by atoms with Gasteiger partial charge in [0.25, 0.3) is 0 Å². The summed E-state index contributed by atoms with van der Waals surface area (Å²) in [7, 11) is 0. The number of hydrogen-bond acceptors (Lipinski definition) is 6. The lowest BCUT2D eigenvalue weighted by Crippen LogP contribution is -2.30. The first-order valence-corrected chi connectivity index (χ1v) is 24.7. The summed E-state index contributed by atoms with van der Waals surface area (Å²) in [6, 6.07) is 0. The second-order valence-corrected chi connectivity index (χ2v) is 16.0. The van der Waals surface area contributed by atoms with Crippen molar-refractivity contribution >= 4 is 17.9 Å². The normalized spacial score (nSPS) is 12.9. The molecule has 6 heteroatoms. The van der Waals surface area contributed by atoms with Crippen LogP contribution in [0.2, 0.25) is 0 Å². The molecule has 0 bridgehead atoms. The Morgan fingerprint density at radius 3 is 1.11 bits per heavy atom. The fourth-order valence-electron chi connectivity index (χ4n) is 6.39. The van der Waals surface area contributed by atoms with Gasteiger partial charge in [-0.05, 0) is 109 Å². The zero-order valence-corrected chi connectivity index (χ0v) is 39.4. The smallest absolute Gasteiger partial charge is 0.306 e. The maximum atomic E-state index is 12.8. The highest BCUT2D eigenvalue weighted by Crippen LogP contribution is 2.13. The van der Waals surface area contributed by atoms with Crippen LogP contribution in [0.3, 0.4) is 0 Å². The monoisotopic (exact) mass is 847 g/mol. The molecule has 0 aliphatic heterocycles. The molecule has 0 aliphatic rings. The molecular formula is C55H90O6. The molecular weight excluding hydrogens is 757 g/mol. The van der Waals surface area contributed by atoms with Gasteiger partial charge in [-0.15, -0.1) is 0 Å². The second-order valence-electron chi connectivity index (χ2n) is 16.0. The molecule has 1 unspecified atom stereocenters. The van der Waals surface area contributed by atoms with Gasteiger partial charge in [0.05, 0.1) is 0 Å². The van der Waals surface area contributed by atoms with E-state index in [2.05, 4.69) is 118 Å². The van der Waals surface area contributed by atoms with Crippen molar-refractivity contribution in [2.45, 2.75) is 219 Å². The van der Waals surface area contributed by atoms with E-state index < -0.39 is 6.10 Å². The van der Waals surface area contributed by atoms with E-state index in [4.69, 9.17) is 14.2 Å². The number of esters is 3. The number of carbonyl (C=O) groups excluding carboxylic acids is 3. The van der Waals surface area contributed by atoms with Crippen LogP contribution in [0.5, 0.6) is 0 Å². The van der Waals surface area contributed by atoms with E-state index in [1.54, 1.807) is 0 Å². The van der Waals surface area contributed by atoms with Crippen LogP contribution in [0.25, 0.3) is 0 Å². The summed E-state index contributed by atoms with van der Waals surface area (Å²) < 4.78 is 16.7. The highest BCUT2D eigenvalue weighted by atomic mass is 16.6. The van der Waals surface area contributed by atoms with Crippen molar-refractivity contribution < 1.29 is 28.6 Å². The summed E-state index contributed by atoms with van der Waals surface area (Å²) in [5.74, 6) is -1.02. The Balaban J connectivity index is 4.46. The summed E-state index contributed by atoms with van der Waals surface area (Å²) in [6.07, 6.45) is 64.1. The summed E-state index contributed by atoms with van der Waals surface area (Å²) in [4.78, 5) is 37.8. The van der Waals surface area contributed by atoms with Crippen molar-refractivity contribution in [2.75, 3.05) is 13.2 Å². The molecule has 0 aromatic carbocycles. The van der Waals surface area contributed by atoms with E-state index in [9.17, 15) is 14.4 Å². The van der Waals surface area contributed by atoms with Gasteiger partial charge in [0.15, 0.2) is 6.10 Å². The first-order chi connectivity index (χ1) is 30.0. The Labute approximate surface area is 375 Å². The lowest BCUT2D eigenvalue weighted by molar-refractivity contribution is -0.167. The number of unbranched alkanes of at least 4 members (excludes halogenated alkanes) is 16. The van der Waals surface area contributed by atoms with E-state index in [1.807, 2.05) is 0 Å². The predicted octanol–water partition coefficient (Wildman–Crippen LogP) is 16.2. The number of carbonyl (C=O) groups is 3. The zero-order valence-electron chi connectivity index (χ0n) is 39.4. The lowest BCUT2D eigenvalue weighted by Gasteiger charge is -2.18. The lowest BCUT2D eigenvalue weighted by atomic mass is 10.1. The molecule has 0 heterocycles. The Hall–Kier alpha value is -3.67. The Bertz CT molecular complexity index is 1250. The third kappa shape index (κ3) is 47.2. The van der Waals surface area contributed by atoms with Crippen LogP contribution >= 0.6 is 0 Å². The number of allylic oxidation sites excluding steroid dienone is 16. The number of hydrogen-bond donors (Lipinski definition) is 0. The zero-order chi connectivity index (χ0) is 44.4. The van der Waals surface area contributed by atoms with Gasteiger partial charge in [0, 0.05) is 19.3 Å². The van der Waals surface area contributed by atoms with E-state index in [-0.39, 0.29) is 37.5 Å². The van der Waals surface area contributed by atoms with E-state index in [0.29, 0.717) is 19.3 Å². The summed E-state index contributed by atoms with van der Waals surface area (Å²) in [5, 5.41) is 0. The first kappa shape index (κ1) is 57.3. The predicted molar refractivity (Wildman–Crippen MR) is 260 cm³/mol. The third-order valence-corrected chi connectivity index (χ3v) is 10.1. The van der Waals surface area contributed by atoms with E-state index in [1.165, 1.54) is 77.0 Å². The average molecular weight is 847 g/mol. The minimum atomic E-state index is -0.815. The van der Waals surface area contributed by atoms with E-state index in [0.717, 1.165) is 89.9 Å². The van der Waals surface area contributed by atoms with Crippen LogP contribution in [-0.4, -0.2) is 37.2 Å². The van der Waals surface area contributed by atoms with Crippen molar-refractivity contribution in [3.05, 3.63) is 97.2 Å². The van der Waals surface area contributed by atoms with Crippen molar-refractivity contribution in [1.82, 2.24) is 0 Å². The third-order valence-electron chi connectivity index (χ3n) is 10.1. The largest absolute Gasteiger partial charge is 0.462 e. The molecule has 0 radical (unpaired) electrons. The van der Waals surface area contributed by atoms with Gasteiger partial charge in [-0.3, -0.25) is 14.4 Å². The fraction of sp³-hybridized carbons (Fsp3) is 0.655. The van der Waals surface area contributed by atoms with Crippen LogP contribution < -0.4 is 0 Å². The molecule has 61 heavy (non-hydrogen) atoms. The number of ether oxygens (including phenoxy) is 3. The SMILES string of the molecule is CC/C=C\C/C=C\C/C=C\C/C=C\C/C=C\CCCC(=O)OCC(COC(=O)CCCC/C=C\C/C=C\CC)OC(=O)CCCCCCCCC/C=C\CCCCCCCC. The molecule has 1 atom stereocenters. The van der Waals surface area contributed by atoms with Crippen LogP contribution in [0.4, 0.5) is 0 Å². The van der Waals surface area contributed by atoms with Crippen LogP contribution in [0.15, 0.2) is 97.2 Å². The number of rotatable bonds is 43. The van der Waals surface area contributed by atoms with Crippen molar-refractivity contribution in [3.8, 4) is 0 Å². The molecule has 0 saturated heterocycles. The van der Waals surface area contributed by atoms with Crippen molar-refractivity contribution in [1.29, 1.82) is 0 Å². The van der Waals surface area contributed by atoms with Gasteiger partial charge in [0.1, 0.15) is 13.2 Å². The molecule has 0 aliphatic carbocycles. The van der Waals surface area contributed by atoms with Gasteiger partial charge in [-0.25, -0.2) is 0 Å². The van der Waals surface area contributed by atoms with Crippen molar-refractivity contribution in [2.24, 2.45) is 0 Å². The average Bonchev–Trinajstić information content (AvgIpc) is 3.26. The van der Waals surface area contributed by atoms with Gasteiger partial charge in [-0.2, -0.15) is 0 Å². The minimum Gasteiger partial charge on any atom is -0.462 e. The fourth-order valence-corrected chi connectivity index (χ4v) is 6.39. The standard InChI is InChI=1S/C55H90O6/c1-4-7-10-13-16-19-21-23-25-27-29-31-33-36-39-42-45-48-54(57)60-51-52(50-59-53(56)47-44-41-38-35-18-15-12-9-6-3)61-55(58)49-46-43-40-37-34-32-30-28-26-24-22-20-17-14-11-8-5-2/h7,9-10,12,16,18-19,23-26,29,31,35-36,39,52H,4-6,8,11,13-15,17,20-22,27-28,30,32-34,37-38,40-51H2,1-3H3/b10-7-,12-9-,19-16-,25-23-,26-24-,31-29-,35-18-,39-36-. The molecule has 0 amide bonds. The second kappa shape index (κ2) is 49.0. The quantitative estimate of drug-likeness (QED) is 0.0263. The van der Waals surface area contributed by atoms with Crippen LogP contribution in [0.1, 0.15) is 213 Å². The molecule has 0 fully saturated rings. The summed E-state index contributed by atoms with van der Waals surface area (Å²) in [5.41, 5.74) is 0. The van der Waals surface area contributed by atoms with Gasteiger partial charge in [-0.1, -0.05) is 182 Å². The molecule has 0 spiro atoms. The summed E-state index contributed by atoms with van der Waals surface area (Å²) >= 11 is 0. The first-order valence-electron chi connectivity index (χ1n) is 24.7. The molecule has 0 aromatic heterocycles. The van der Waals surface area contributed by atoms with E-state index >= 15 is 0 Å². The topological polar surface area (TPSA) is 78.9 Å². The highest BCUT2D eigenvalue weighted by molar-refractivity contribution is 5.71. The van der Waals surface area contributed by atoms with Gasteiger partial charge >= 0.3 is 17.9 Å². The molecule has 0 rings (SSSR count). The Kier molecular flexibility index (Phi) is 46.0. The minimum absolute atomic E-state index is 0.115. The Morgan fingerprint density at radius 2 is 0.656 bits per heavy atom.